The molecule has 0 bridgehead atoms. The number of imide groups is 1. The van der Waals surface area contributed by atoms with Crippen molar-refractivity contribution < 1.29 is 27.9 Å². The topological polar surface area (TPSA) is 106 Å². The van der Waals surface area contributed by atoms with Crippen molar-refractivity contribution >= 4 is 20.2 Å². The zero-order chi connectivity index (χ0) is 10.8. The molecule has 3 atom stereocenters. The molecule has 8 nitrogen and oxygen atoms in total. The normalized spacial score (nSPS) is 30.9. The summed E-state index contributed by atoms with van der Waals surface area (Å²) in [4.78, 5) is 21.6. The zero-order valence-corrected chi connectivity index (χ0v) is 8.52. The fourth-order valence-corrected chi connectivity index (χ4v) is 1.69. The maximum Gasteiger partial charge on any atom is 0.323 e. The van der Waals surface area contributed by atoms with E-state index < -0.39 is 26.4 Å². The summed E-state index contributed by atoms with van der Waals surface area (Å²) in [5.41, 5.74) is 0. The quantitative estimate of drug-likeness (QED) is 0.359. The SMILES string of the molecule is O=C1NC(=O)C(O[PH](=O)OCC2CO2)N1. The number of rotatable bonds is 5. The average molecular weight is 236 g/mol. The van der Waals surface area contributed by atoms with Gasteiger partial charge in [0.05, 0.1) is 13.2 Å². The molecule has 0 aliphatic carbocycles. The number of urea groups is 1. The molecule has 0 saturated carbocycles. The van der Waals surface area contributed by atoms with Crippen molar-refractivity contribution in [2.45, 2.75) is 12.3 Å². The summed E-state index contributed by atoms with van der Waals surface area (Å²) >= 11 is 0. The molecule has 9 heteroatoms. The van der Waals surface area contributed by atoms with Crippen LogP contribution in [0.4, 0.5) is 4.79 Å². The molecule has 3 unspecified atom stereocenters. The second-order valence-corrected chi connectivity index (χ2v) is 4.00. The van der Waals surface area contributed by atoms with Crippen molar-refractivity contribution in [3.05, 3.63) is 0 Å². The van der Waals surface area contributed by atoms with Crippen LogP contribution in [0.3, 0.4) is 0 Å². The van der Waals surface area contributed by atoms with Gasteiger partial charge in [0.25, 0.3) is 5.91 Å². The molecule has 84 valence electrons. The third kappa shape index (κ3) is 3.00. The summed E-state index contributed by atoms with van der Waals surface area (Å²) in [5.74, 6) is -0.676. The first-order valence-electron chi connectivity index (χ1n) is 4.21. The molecule has 2 N–H and O–H groups in total. The zero-order valence-electron chi connectivity index (χ0n) is 7.52. The van der Waals surface area contributed by atoms with E-state index in [0.29, 0.717) is 6.61 Å². The molecule has 0 aromatic rings. The lowest BCUT2D eigenvalue weighted by molar-refractivity contribution is -0.125. The molecule has 2 aliphatic heterocycles. The second-order valence-electron chi connectivity index (χ2n) is 2.98. The summed E-state index contributed by atoms with van der Waals surface area (Å²) in [7, 11) is -2.79. The Morgan fingerprint density at radius 3 is 2.80 bits per heavy atom. The number of epoxide rings is 1. The van der Waals surface area contributed by atoms with Crippen LogP contribution < -0.4 is 10.6 Å². The highest BCUT2D eigenvalue weighted by Crippen LogP contribution is 2.28. The largest absolute Gasteiger partial charge is 0.371 e. The number of carbonyl (C=O) groups excluding carboxylic acids is 2. The summed E-state index contributed by atoms with van der Waals surface area (Å²) in [6.45, 7) is 0.746. The standard InChI is InChI=1S/C6H9N2O6P/c9-4-5(8-6(10)7-4)14-15(11)13-2-3-1-12-3/h3,5,15H,1-2H2,(H2,7,8,9,10). The minimum absolute atomic E-state index is 0.0328. The Labute approximate surface area is 85.2 Å². The minimum atomic E-state index is -2.79. The Bertz CT molecular complexity index is 317. The molecule has 2 saturated heterocycles. The van der Waals surface area contributed by atoms with Gasteiger partial charge in [0.2, 0.25) is 6.23 Å². The molecule has 0 aromatic carbocycles. The van der Waals surface area contributed by atoms with E-state index in [0.717, 1.165) is 0 Å². The van der Waals surface area contributed by atoms with Gasteiger partial charge in [-0.25, -0.2) is 4.79 Å². The fraction of sp³-hybridized carbons (Fsp3) is 0.667. The lowest BCUT2D eigenvalue weighted by atomic mass is 10.5. The van der Waals surface area contributed by atoms with E-state index in [-0.39, 0.29) is 12.7 Å². The van der Waals surface area contributed by atoms with E-state index >= 15 is 0 Å². The van der Waals surface area contributed by atoms with E-state index in [1.54, 1.807) is 0 Å². The molecule has 3 amide bonds. The fourth-order valence-electron chi connectivity index (χ4n) is 0.937. The van der Waals surface area contributed by atoms with Crippen LogP contribution >= 0.6 is 8.25 Å². The van der Waals surface area contributed by atoms with Crippen LogP contribution in [-0.4, -0.2) is 37.5 Å². The van der Waals surface area contributed by atoms with Gasteiger partial charge in [-0.1, -0.05) is 0 Å². The molecule has 15 heavy (non-hydrogen) atoms. The molecular formula is C6H9N2O6P. The molecule has 2 fully saturated rings. The van der Waals surface area contributed by atoms with Crippen LogP contribution in [0.15, 0.2) is 0 Å². The van der Waals surface area contributed by atoms with E-state index in [2.05, 4.69) is 5.32 Å². The highest BCUT2D eigenvalue weighted by molar-refractivity contribution is 7.33. The predicted octanol–water partition coefficient (Wildman–Crippen LogP) is -1.03. The minimum Gasteiger partial charge on any atom is -0.371 e. The van der Waals surface area contributed by atoms with E-state index in [1.165, 1.54) is 0 Å². The van der Waals surface area contributed by atoms with Crippen molar-refractivity contribution in [3.63, 3.8) is 0 Å². The summed E-state index contributed by atoms with van der Waals surface area (Å²) in [6.07, 6.45) is -1.27. The Hall–Kier alpha value is -0.950. The number of hydrogen-bond donors (Lipinski definition) is 2. The van der Waals surface area contributed by atoms with Crippen LogP contribution in [-0.2, 0) is 23.1 Å². The van der Waals surface area contributed by atoms with Crippen LogP contribution in [0.2, 0.25) is 0 Å². The number of hydrogen-bond acceptors (Lipinski definition) is 6. The van der Waals surface area contributed by atoms with Crippen LogP contribution in [0.1, 0.15) is 0 Å². The first kappa shape index (κ1) is 10.6. The Morgan fingerprint density at radius 2 is 2.27 bits per heavy atom. The van der Waals surface area contributed by atoms with Crippen molar-refractivity contribution in [1.82, 2.24) is 10.6 Å². The van der Waals surface area contributed by atoms with Gasteiger partial charge in [0.15, 0.2) is 0 Å². The molecule has 2 rings (SSSR count). The Balaban J connectivity index is 1.72. The van der Waals surface area contributed by atoms with E-state index in [4.69, 9.17) is 13.8 Å². The van der Waals surface area contributed by atoms with Gasteiger partial charge in [0, 0.05) is 0 Å². The highest BCUT2D eigenvalue weighted by atomic mass is 31.1. The van der Waals surface area contributed by atoms with Gasteiger partial charge in [-0.3, -0.25) is 19.2 Å². The van der Waals surface area contributed by atoms with Crippen molar-refractivity contribution in [3.8, 4) is 0 Å². The van der Waals surface area contributed by atoms with Crippen LogP contribution in [0, 0.1) is 0 Å². The first-order valence-corrected chi connectivity index (χ1v) is 5.44. The second kappa shape index (κ2) is 4.28. The number of nitrogens with one attached hydrogen (secondary N) is 2. The predicted molar refractivity (Wildman–Crippen MR) is 46.2 cm³/mol. The van der Waals surface area contributed by atoms with Gasteiger partial charge >= 0.3 is 14.3 Å². The van der Waals surface area contributed by atoms with E-state index in [9.17, 15) is 14.2 Å². The van der Waals surface area contributed by atoms with Crippen molar-refractivity contribution in [2.24, 2.45) is 0 Å². The Kier molecular flexibility index (Phi) is 3.01. The number of amides is 3. The van der Waals surface area contributed by atoms with Gasteiger partial charge in [-0.15, -0.1) is 0 Å². The van der Waals surface area contributed by atoms with Gasteiger partial charge < -0.3 is 14.6 Å². The highest BCUT2D eigenvalue weighted by Gasteiger charge is 2.32. The van der Waals surface area contributed by atoms with E-state index in [1.807, 2.05) is 5.32 Å². The molecular weight excluding hydrogens is 227 g/mol. The smallest absolute Gasteiger partial charge is 0.323 e. The average Bonchev–Trinajstić information content (AvgIpc) is 2.92. The van der Waals surface area contributed by atoms with Gasteiger partial charge in [0.1, 0.15) is 6.10 Å². The maximum atomic E-state index is 11.1. The van der Waals surface area contributed by atoms with Crippen molar-refractivity contribution in [1.29, 1.82) is 0 Å². The molecule has 0 spiro atoms. The number of carbonyl (C=O) groups is 2. The maximum absolute atomic E-state index is 11.1. The third-order valence-electron chi connectivity index (χ3n) is 1.74. The lowest BCUT2D eigenvalue weighted by Crippen LogP contribution is -2.29. The van der Waals surface area contributed by atoms with Gasteiger partial charge in [-0.05, 0) is 0 Å². The molecule has 0 radical (unpaired) electrons. The molecule has 0 aromatic heterocycles. The summed E-state index contributed by atoms with van der Waals surface area (Å²) < 4.78 is 25.4. The van der Waals surface area contributed by atoms with Crippen LogP contribution in [0.5, 0.6) is 0 Å². The van der Waals surface area contributed by atoms with Gasteiger partial charge in [-0.2, -0.15) is 0 Å². The Morgan fingerprint density at radius 1 is 1.53 bits per heavy atom. The molecule has 2 aliphatic rings. The number of ether oxygens (including phenoxy) is 1. The lowest BCUT2D eigenvalue weighted by Gasteiger charge is -2.08. The van der Waals surface area contributed by atoms with Crippen LogP contribution in [0.25, 0.3) is 0 Å². The monoisotopic (exact) mass is 236 g/mol. The molecule has 2 heterocycles. The third-order valence-corrected chi connectivity index (χ3v) is 2.57. The summed E-state index contributed by atoms with van der Waals surface area (Å²) in [6, 6.07) is -0.676. The first-order chi connectivity index (χ1) is 7.15. The summed E-state index contributed by atoms with van der Waals surface area (Å²) in [5, 5.41) is 4.06. The van der Waals surface area contributed by atoms with Crippen molar-refractivity contribution in [2.75, 3.05) is 13.2 Å².